The summed E-state index contributed by atoms with van der Waals surface area (Å²) in [4.78, 5) is 24.5. The Bertz CT molecular complexity index is 424. The third kappa shape index (κ3) is 2.47. The van der Waals surface area contributed by atoms with Crippen molar-refractivity contribution in [3.05, 3.63) is 0 Å². The Morgan fingerprint density at radius 1 is 1.14 bits per heavy atom. The van der Waals surface area contributed by atoms with E-state index in [-0.39, 0.29) is 11.3 Å². The van der Waals surface area contributed by atoms with Crippen LogP contribution in [0.1, 0.15) is 65.2 Å². The molecule has 2 N–H and O–H groups in total. The first-order chi connectivity index (χ1) is 9.87. The van der Waals surface area contributed by atoms with Crippen LogP contribution in [0.5, 0.6) is 0 Å². The fraction of sp³-hybridized carbons (Fsp3) is 0.882. The molecule has 4 heteroatoms. The molecule has 4 nitrogen and oxygen atoms in total. The Morgan fingerprint density at radius 3 is 2.00 bits per heavy atom. The number of carbonyl (C=O) groups is 2. The topological polar surface area (TPSA) is 66.4 Å². The second-order valence-electron chi connectivity index (χ2n) is 8.04. The van der Waals surface area contributed by atoms with Gasteiger partial charge in [0.15, 0.2) is 0 Å². The van der Waals surface area contributed by atoms with Gasteiger partial charge in [0.1, 0.15) is 5.54 Å². The number of carboxylic acid groups (broad SMARTS) is 1. The van der Waals surface area contributed by atoms with Crippen molar-refractivity contribution in [2.24, 2.45) is 23.2 Å². The van der Waals surface area contributed by atoms with Crippen LogP contribution in [0, 0.1) is 23.2 Å². The average Bonchev–Trinajstić information content (AvgIpc) is 2.36. The number of carbonyl (C=O) groups excluding carboxylic acids is 1. The molecule has 4 rings (SSSR count). The molecule has 0 radical (unpaired) electrons. The number of aliphatic carboxylic acids is 1. The maximum Gasteiger partial charge on any atom is 0.329 e. The van der Waals surface area contributed by atoms with Crippen molar-refractivity contribution in [2.75, 3.05) is 0 Å². The van der Waals surface area contributed by atoms with Gasteiger partial charge in [-0.05, 0) is 69.6 Å². The SMILES string of the molecule is CCCC(C)(NC(=O)C12CC3CC(CC(C3)C1)C2)C(=O)O. The van der Waals surface area contributed by atoms with Crippen LogP contribution in [0.2, 0.25) is 0 Å². The normalized spacial score (nSPS) is 39.8. The molecule has 4 fully saturated rings. The molecule has 1 unspecified atom stereocenters. The summed E-state index contributed by atoms with van der Waals surface area (Å²) >= 11 is 0. The van der Waals surface area contributed by atoms with Crippen LogP contribution >= 0.6 is 0 Å². The molecule has 4 aliphatic rings. The lowest BCUT2D eigenvalue weighted by atomic mass is 9.49. The van der Waals surface area contributed by atoms with E-state index in [0.29, 0.717) is 24.2 Å². The van der Waals surface area contributed by atoms with Crippen molar-refractivity contribution in [3.63, 3.8) is 0 Å². The van der Waals surface area contributed by atoms with E-state index in [0.717, 1.165) is 25.7 Å². The van der Waals surface area contributed by atoms with Gasteiger partial charge in [-0.3, -0.25) is 4.79 Å². The Balaban J connectivity index is 1.77. The molecule has 1 amide bonds. The zero-order valence-electron chi connectivity index (χ0n) is 13.2. The van der Waals surface area contributed by atoms with Crippen molar-refractivity contribution >= 4 is 11.9 Å². The third-order valence-corrected chi connectivity index (χ3v) is 6.13. The van der Waals surface area contributed by atoms with E-state index in [1.54, 1.807) is 6.92 Å². The van der Waals surface area contributed by atoms with E-state index >= 15 is 0 Å². The maximum atomic E-state index is 12.9. The molecule has 118 valence electrons. The summed E-state index contributed by atoms with van der Waals surface area (Å²) in [6.45, 7) is 3.61. The first-order valence-electron chi connectivity index (χ1n) is 8.43. The highest BCUT2D eigenvalue weighted by Gasteiger charge is 2.55. The number of carboxylic acids is 1. The first kappa shape index (κ1) is 14.9. The number of amides is 1. The fourth-order valence-electron chi connectivity index (χ4n) is 5.49. The number of hydrogen-bond donors (Lipinski definition) is 2. The summed E-state index contributed by atoms with van der Waals surface area (Å²) < 4.78 is 0. The molecule has 4 aliphatic carbocycles. The van der Waals surface area contributed by atoms with Crippen molar-refractivity contribution in [3.8, 4) is 0 Å². The lowest BCUT2D eigenvalue weighted by Gasteiger charge is -2.56. The van der Waals surface area contributed by atoms with Gasteiger partial charge in [0.05, 0.1) is 0 Å². The first-order valence-corrected chi connectivity index (χ1v) is 8.43. The molecule has 0 spiro atoms. The van der Waals surface area contributed by atoms with Crippen molar-refractivity contribution in [1.29, 1.82) is 0 Å². The molecule has 4 bridgehead atoms. The smallest absolute Gasteiger partial charge is 0.329 e. The zero-order chi connectivity index (χ0) is 15.3. The minimum Gasteiger partial charge on any atom is -0.480 e. The van der Waals surface area contributed by atoms with Crippen LogP contribution in [-0.2, 0) is 9.59 Å². The molecule has 0 aliphatic heterocycles. The van der Waals surface area contributed by atoms with Crippen LogP contribution in [-0.4, -0.2) is 22.5 Å². The van der Waals surface area contributed by atoms with Gasteiger partial charge in [-0.1, -0.05) is 13.3 Å². The highest BCUT2D eigenvalue weighted by atomic mass is 16.4. The molecule has 4 saturated carbocycles. The summed E-state index contributed by atoms with van der Waals surface area (Å²) in [5, 5.41) is 12.4. The second-order valence-corrected chi connectivity index (χ2v) is 8.04. The van der Waals surface area contributed by atoms with Crippen LogP contribution < -0.4 is 5.32 Å². The van der Waals surface area contributed by atoms with Gasteiger partial charge >= 0.3 is 5.97 Å². The van der Waals surface area contributed by atoms with Crippen molar-refractivity contribution in [2.45, 2.75) is 70.8 Å². The van der Waals surface area contributed by atoms with Crippen LogP contribution in [0.15, 0.2) is 0 Å². The maximum absolute atomic E-state index is 12.9. The Hall–Kier alpha value is -1.06. The van der Waals surface area contributed by atoms with E-state index in [2.05, 4.69) is 5.32 Å². The molecule has 0 saturated heterocycles. The zero-order valence-corrected chi connectivity index (χ0v) is 13.2. The van der Waals surface area contributed by atoms with Crippen LogP contribution in [0.4, 0.5) is 0 Å². The number of nitrogens with one attached hydrogen (secondary N) is 1. The molecular weight excluding hydrogens is 266 g/mol. The Morgan fingerprint density at radius 2 is 1.62 bits per heavy atom. The molecule has 0 aromatic carbocycles. The van der Waals surface area contributed by atoms with Crippen LogP contribution in [0.25, 0.3) is 0 Å². The highest BCUT2D eigenvalue weighted by molar-refractivity contribution is 5.90. The summed E-state index contributed by atoms with van der Waals surface area (Å²) in [5.41, 5.74) is -1.38. The Labute approximate surface area is 126 Å². The van der Waals surface area contributed by atoms with Gasteiger partial charge in [0, 0.05) is 5.41 Å². The standard InChI is InChI=1S/C17H27NO3/c1-3-4-16(2,15(20)21)18-14(19)17-8-11-5-12(9-17)7-13(6-11)10-17/h11-13H,3-10H2,1-2H3,(H,18,19)(H,20,21). The van der Waals surface area contributed by atoms with E-state index in [9.17, 15) is 14.7 Å². The Kier molecular flexibility index (Phi) is 3.53. The summed E-state index contributed by atoms with van der Waals surface area (Å²) in [6.07, 6.45) is 8.05. The monoisotopic (exact) mass is 293 g/mol. The van der Waals surface area contributed by atoms with E-state index in [1.807, 2.05) is 6.92 Å². The molecule has 0 heterocycles. The van der Waals surface area contributed by atoms with Gasteiger partial charge in [-0.25, -0.2) is 4.79 Å². The minimum atomic E-state index is -1.12. The largest absolute Gasteiger partial charge is 0.480 e. The fourth-order valence-corrected chi connectivity index (χ4v) is 5.49. The predicted molar refractivity (Wildman–Crippen MR) is 79.7 cm³/mol. The summed E-state index contributed by atoms with van der Waals surface area (Å²) in [7, 11) is 0. The van der Waals surface area contributed by atoms with Gasteiger partial charge in [-0.2, -0.15) is 0 Å². The molecule has 21 heavy (non-hydrogen) atoms. The molecular formula is C17H27NO3. The van der Waals surface area contributed by atoms with Crippen molar-refractivity contribution in [1.82, 2.24) is 5.32 Å². The minimum absolute atomic E-state index is 0.0138. The molecule has 0 aromatic heterocycles. The van der Waals surface area contributed by atoms with E-state index < -0.39 is 11.5 Å². The lowest BCUT2D eigenvalue weighted by Crippen LogP contribution is -2.60. The second kappa shape index (κ2) is 4.99. The van der Waals surface area contributed by atoms with E-state index in [4.69, 9.17) is 0 Å². The summed E-state index contributed by atoms with van der Waals surface area (Å²) in [6, 6.07) is 0. The van der Waals surface area contributed by atoms with Crippen molar-refractivity contribution < 1.29 is 14.7 Å². The van der Waals surface area contributed by atoms with Crippen LogP contribution in [0.3, 0.4) is 0 Å². The van der Waals surface area contributed by atoms with E-state index in [1.165, 1.54) is 19.3 Å². The predicted octanol–water partition coefficient (Wildman–Crippen LogP) is 2.96. The quantitative estimate of drug-likeness (QED) is 0.819. The average molecular weight is 293 g/mol. The number of rotatable bonds is 5. The summed E-state index contributed by atoms with van der Waals surface area (Å²) in [5.74, 6) is 1.19. The molecule has 0 aromatic rings. The number of hydrogen-bond acceptors (Lipinski definition) is 2. The van der Waals surface area contributed by atoms with Gasteiger partial charge < -0.3 is 10.4 Å². The molecule has 1 atom stereocenters. The highest BCUT2D eigenvalue weighted by Crippen LogP contribution is 2.60. The van der Waals surface area contributed by atoms with Gasteiger partial charge in [-0.15, -0.1) is 0 Å². The van der Waals surface area contributed by atoms with Gasteiger partial charge in [0.2, 0.25) is 5.91 Å². The lowest BCUT2D eigenvalue weighted by molar-refractivity contribution is -0.155. The third-order valence-electron chi connectivity index (χ3n) is 6.13. The van der Waals surface area contributed by atoms with Gasteiger partial charge in [0.25, 0.3) is 0 Å².